The Morgan fingerprint density at radius 1 is 1.28 bits per heavy atom. The van der Waals surface area contributed by atoms with Crippen LogP contribution in [0.1, 0.15) is 17.5 Å². The predicted molar refractivity (Wildman–Crippen MR) is 91.1 cm³/mol. The van der Waals surface area contributed by atoms with E-state index in [-0.39, 0.29) is 5.92 Å². The Labute approximate surface area is 145 Å². The summed E-state index contributed by atoms with van der Waals surface area (Å²) in [6.07, 6.45) is -1.51. The van der Waals surface area contributed by atoms with Gasteiger partial charge in [-0.25, -0.2) is 0 Å². The summed E-state index contributed by atoms with van der Waals surface area (Å²) < 4.78 is 37.3. The third kappa shape index (κ3) is 5.06. The van der Waals surface area contributed by atoms with Crippen molar-refractivity contribution in [3.8, 4) is 11.3 Å². The number of rotatable bonds is 6. The maximum Gasteiger partial charge on any atom is 0.401 e. The minimum absolute atomic E-state index is 0.261. The third-order valence-electron chi connectivity index (χ3n) is 4.58. The van der Waals surface area contributed by atoms with Crippen LogP contribution in [0.5, 0.6) is 0 Å². The quantitative estimate of drug-likeness (QED) is 0.838. The average molecular weight is 352 g/mol. The Bertz CT molecular complexity index is 678. The molecule has 0 saturated carbocycles. The number of benzene rings is 1. The molecule has 0 amide bonds. The number of aromatic nitrogens is 2. The zero-order valence-corrected chi connectivity index (χ0v) is 14.2. The summed E-state index contributed by atoms with van der Waals surface area (Å²) in [6.45, 7) is 3.63. The molecule has 2 aromatic rings. The number of nitrogens with one attached hydrogen (secondary N) is 2. The lowest BCUT2D eigenvalue weighted by atomic mass is 10.1. The van der Waals surface area contributed by atoms with Crippen molar-refractivity contribution in [3.63, 3.8) is 0 Å². The highest BCUT2D eigenvalue weighted by atomic mass is 19.4. The molecule has 2 N–H and O–H groups in total. The molecule has 1 atom stereocenters. The van der Waals surface area contributed by atoms with Crippen molar-refractivity contribution in [3.05, 3.63) is 41.6 Å². The highest BCUT2D eigenvalue weighted by molar-refractivity contribution is 5.62. The van der Waals surface area contributed by atoms with E-state index in [0.29, 0.717) is 26.2 Å². The number of aromatic amines is 1. The standard InChI is InChI=1S/C18H23F3N4/c1-13-2-4-15(5-3-13)17-16(10-23-24-17)9-22-8-14-6-7-25(11-14)12-18(19,20)21/h2-5,10,14,22H,6-9,11-12H2,1H3,(H,23,24)/t14-/m0/s1. The molecular weight excluding hydrogens is 329 g/mol. The van der Waals surface area contributed by atoms with Crippen LogP contribution in [0.25, 0.3) is 11.3 Å². The van der Waals surface area contributed by atoms with Gasteiger partial charge in [-0.3, -0.25) is 10.00 Å². The molecule has 3 rings (SSSR count). The van der Waals surface area contributed by atoms with Gasteiger partial charge in [-0.1, -0.05) is 29.8 Å². The maximum absolute atomic E-state index is 12.4. The van der Waals surface area contributed by atoms with Gasteiger partial charge in [0.1, 0.15) is 0 Å². The van der Waals surface area contributed by atoms with Crippen LogP contribution in [0.15, 0.2) is 30.5 Å². The Morgan fingerprint density at radius 2 is 2.04 bits per heavy atom. The largest absolute Gasteiger partial charge is 0.401 e. The molecule has 1 aromatic carbocycles. The molecule has 1 aliphatic rings. The third-order valence-corrected chi connectivity index (χ3v) is 4.58. The molecule has 1 fully saturated rings. The number of hydrogen-bond donors (Lipinski definition) is 2. The lowest BCUT2D eigenvalue weighted by Crippen LogP contribution is -2.33. The number of nitrogens with zero attached hydrogens (tertiary/aromatic N) is 2. The first-order chi connectivity index (χ1) is 11.9. The zero-order chi connectivity index (χ0) is 17.9. The van der Waals surface area contributed by atoms with Crippen molar-refractivity contribution >= 4 is 0 Å². The van der Waals surface area contributed by atoms with Gasteiger partial charge in [-0.05, 0) is 37.9 Å². The number of hydrogen-bond acceptors (Lipinski definition) is 3. The molecule has 136 valence electrons. The van der Waals surface area contributed by atoms with E-state index in [2.05, 4.69) is 39.8 Å². The summed E-state index contributed by atoms with van der Waals surface area (Å²) in [6, 6.07) is 8.22. The fraction of sp³-hybridized carbons (Fsp3) is 0.500. The number of aryl methyl sites for hydroxylation is 1. The van der Waals surface area contributed by atoms with E-state index >= 15 is 0 Å². The van der Waals surface area contributed by atoms with Gasteiger partial charge in [0.2, 0.25) is 0 Å². The SMILES string of the molecule is Cc1ccc(-c2[nH]ncc2CNC[C@@H]2CCN(CC(F)(F)F)C2)cc1. The van der Waals surface area contributed by atoms with Gasteiger partial charge in [0.15, 0.2) is 0 Å². The Kier molecular flexibility index (Phi) is 5.44. The second-order valence-corrected chi connectivity index (χ2v) is 6.77. The summed E-state index contributed by atoms with van der Waals surface area (Å²) >= 11 is 0. The van der Waals surface area contributed by atoms with E-state index < -0.39 is 12.7 Å². The van der Waals surface area contributed by atoms with Gasteiger partial charge in [0.05, 0.1) is 18.4 Å². The fourth-order valence-corrected chi connectivity index (χ4v) is 3.30. The van der Waals surface area contributed by atoms with E-state index in [9.17, 15) is 13.2 Å². The molecule has 0 bridgehead atoms. The van der Waals surface area contributed by atoms with Crippen molar-refractivity contribution in [2.75, 3.05) is 26.2 Å². The second kappa shape index (κ2) is 7.58. The minimum atomic E-state index is -4.11. The Balaban J connectivity index is 1.49. The normalized spacial score (nSPS) is 18.8. The molecule has 1 aliphatic heterocycles. The van der Waals surface area contributed by atoms with Crippen LogP contribution in [0.3, 0.4) is 0 Å². The molecule has 1 aromatic heterocycles. The molecule has 1 saturated heterocycles. The van der Waals surface area contributed by atoms with Crippen LogP contribution in [0.2, 0.25) is 0 Å². The predicted octanol–water partition coefficient (Wildman–Crippen LogP) is 3.36. The number of halogens is 3. The number of alkyl halides is 3. The first kappa shape index (κ1) is 17.9. The monoisotopic (exact) mass is 352 g/mol. The molecule has 0 aliphatic carbocycles. The van der Waals surface area contributed by atoms with Gasteiger partial charge in [-0.15, -0.1) is 0 Å². The van der Waals surface area contributed by atoms with E-state index in [1.165, 1.54) is 10.5 Å². The van der Waals surface area contributed by atoms with Gasteiger partial charge in [-0.2, -0.15) is 18.3 Å². The molecule has 0 unspecified atom stereocenters. The topological polar surface area (TPSA) is 44.0 Å². The molecule has 25 heavy (non-hydrogen) atoms. The molecule has 0 radical (unpaired) electrons. The summed E-state index contributed by atoms with van der Waals surface area (Å²) in [4.78, 5) is 1.49. The Morgan fingerprint density at radius 3 is 2.76 bits per heavy atom. The van der Waals surface area contributed by atoms with Crippen molar-refractivity contribution in [1.29, 1.82) is 0 Å². The van der Waals surface area contributed by atoms with Gasteiger partial charge < -0.3 is 5.32 Å². The van der Waals surface area contributed by atoms with E-state index in [0.717, 1.165) is 23.2 Å². The van der Waals surface area contributed by atoms with E-state index in [1.807, 2.05) is 6.92 Å². The average Bonchev–Trinajstić information content (AvgIpc) is 3.16. The summed E-state index contributed by atoms with van der Waals surface area (Å²) in [5, 5.41) is 10.5. The molecular formula is C18H23F3N4. The number of likely N-dealkylation sites (tertiary alicyclic amines) is 1. The molecule has 7 heteroatoms. The van der Waals surface area contributed by atoms with Gasteiger partial charge >= 0.3 is 6.18 Å². The highest BCUT2D eigenvalue weighted by Crippen LogP contribution is 2.23. The van der Waals surface area contributed by atoms with Crippen LogP contribution in [0, 0.1) is 12.8 Å². The molecule has 0 spiro atoms. The van der Waals surface area contributed by atoms with Crippen molar-refractivity contribution in [1.82, 2.24) is 20.4 Å². The lowest BCUT2D eigenvalue weighted by molar-refractivity contribution is -0.143. The van der Waals surface area contributed by atoms with E-state index in [4.69, 9.17) is 0 Å². The first-order valence-corrected chi connectivity index (χ1v) is 8.50. The van der Waals surface area contributed by atoms with Crippen molar-refractivity contribution in [2.45, 2.75) is 26.1 Å². The summed E-state index contributed by atoms with van der Waals surface area (Å²) in [7, 11) is 0. The first-order valence-electron chi connectivity index (χ1n) is 8.50. The van der Waals surface area contributed by atoms with E-state index in [1.54, 1.807) is 6.20 Å². The highest BCUT2D eigenvalue weighted by Gasteiger charge is 2.34. The van der Waals surface area contributed by atoms with Crippen LogP contribution >= 0.6 is 0 Å². The van der Waals surface area contributed by atoms with Crippen molar-refractivity contribution in [2.24, 2.45) is 5.92 Å². The number of H-pyrrole nitrogens is 1. The molecule has 4 nitrogen and oxygen atoms in total. The van der Waals surface area contributed by atoms with Crippen LogP contribution in [-0.2, 0) is 6.54 Å². The lowest BCUT2D eigenvalue weighted by Gasteiger charge is -2.18. The summed E-state index contributed by atoms with van der Waals surface area (Å²) in [5.41, 5.74) is 4.33. The Hall–Kier alpha value is -1.86. The van der Waals surface area contributed by atoms with Crippen LogP contribution in [-0.4, -0.2) is 47.5 Å². The van der Waals surface area contributed by atoms with Crippen LogP contribution < -0.4 is 5.32 Å². The maximum atomic E-state index is 12.4. The summed E-state index contributed by atoms with van der Waals surface area (Å²) in [5.74, 6) is 0.261. The fourth-order valence-electron chi connectivity index (χ4n) is 3.30. The van der Waals surface area contributed by atoms with Gasteiger partial charge in [0, 0.05) is 18.7 Å². The zero-order valence-electron chi connectivity index (χ0n) is 14.2. The smallest absolute Gasteiger partial charge is 0.312 e. The minimum Gasteiger partial charge on any atom is -0.312 e. The van der Waals surface area contributed by atoms with Gasteiger partial charge in [0.25, 0.3) is 0 Å². The van der Waals surface area contributed by atoms with Crippen molar-refractivity contribution < 1.29 is 13.2 Å². The second-order valence-electron chi connectivity index (χ2n) is 6.77. The van der Waals surface area contributed by atoms with Crippen LogP contribution in [0.4, 0.5) is 13.2 Å². The molecule has 2 heterocycles.